The SMILES string of the molecule is CCCC/C=C/C=C\c1ccccc1. The van der Waals surface area contributed by atoms with Crippen LogP contribution >= 0.6 is 0 Å². The van der Waals surface area contributed by atoms with E-state index in [1.165, 1.54) is 24.8 Å². The minimum atomic E-state index is 1.19. The monoisotopic (exact) mass is 186 g/mol. The van der Waals surface area contributed by atoms with Crippen LogP contribution in [-0.2, 0) is 0 Å². The van der Waals surface area contributed by atoms with Gasteiger partial charge < -0.3 is 0 Å². The lowest BCUT2D eigenvalue weighted by Gasteiger charge is -1.89. The fraction of sp³-hybridized carbons (Fsp3) is 0.286. The minimum Gasteiger partial charge on any atom is -0.0845 e. The first-order chi connectivity index (χ1) is 6.93. The van der Waals surface area contributed by atoms with E-state index in [4.69, 9.17) is 0 Å². The third-order valence-corrected chi connectivity index (χ3v) is 2.06. The molecular formula is C14H18. The molecule has 0 nitrogen and oxygen atoms in total. The summed E-state index contributed by atoms with van der Waals surface area (Å²) in [5.41, 5.74) is 1.26. The van der Waals surface area contributed by atoms with Gasteiger partial charge in [0.15, 0.2) is 0 Å². The lowest BCUT2D eigenvalue weighted by Crippen LogP contribution is -1.67. The molecule has 0 radical (unpaired) electrons. The van der Waals surface area contributed by atoms with Gasteiger partial charge in [-0.2, -0.15) is 0 Å². The van der Waals surface area contributed by atoms with E-state index in [-0.39, 0.29) is 0 Å². The standard InChI is InChI=1S/C14H18/c1-2-3-4-5-6-8-11-14-12-9-7-10-13-14/h5-13H,2-4H2,1H3/b6-5+,11-8-. The molecule has 0 saturated heterocycles. The quantitative estimate of drug-likeness (QED) is 0.471. The predicted octanol–water partition coefficient (Wildman–Crippen LogP) is 4.45. The largest absolute Gasteiger partial charge is 0.0845 e. The molecule has 0 aliphatic rings. The number of allylic oxidation sites excluding steroid dienone is 3. The third kappa shape index (κ3) is 4.66. The van der Waals surface area contributed by atoms with Crippen molar-refractivity contribution in [2.75, 3.05) is 0 Å². The van der Waals surface area contributed by atoms with Crippen molar-refractivity contribution >= 4 is 6.08 Å². The second-order valence-corrected chi connectivity index (χ2v) is 3.34. The fourth-order valence-electron chi connectivity index (χ4n) is 1.23. The second-order valence-electron chi connectivity index (χ2n) is 3.34. The summed E-state index contributed by atoms with van der Waals surface area (Å²) >= 11 is 0. The van der Waals surface area contributed by atoms with E-state index in [9.17, 15) is 0 Å². The van der Waals surface area contributed by atoms with Crippen LogP contribution < -0.4 is 0 Å². The smallest absolute Gasteiger partial charge is 0.0257 e. The highest BCUT2D eigenvalue weighted by Crippen LogP contribution is 2.01. The number of rotatable bonds is 5. The van der Waals surface area contributed by atoms with E-state index in [0.717, 1.165) is 0 Å². The molecule has 1 rings (SSSR count). The third-order valence-electron chi connectivity index (χ3n) is 2.06. The summed E-state index contributed by atoms with van der Waals surface area (Å²) < 4.78 is 0. The Hall–Kier alpha value is -1.30. The van der Waals surface area contributed by atoms with Crippen molar-refractivity contribution in [3.63, 3.8) is 0 Å². The average Bonchev–Trinajstić information content (AvgIpc) is 2.25. The Morgan fingerprint density at radius 2 is 1.86 bits per heavy atom. The molecule has 0 aliphatic heterocycles. The van der Waals surface area contributed by atoms with Crippen LogP contribution in [0, 0.1) is 0 Å². The molecule has 0 saturated carbocycles. The highest BCUT2D eigenvalue weighted by molar-refractivity contribution is 5.50. The van der Waals surface area contributed by atoms with E-state index < -0.39 is 0 Å². The molecule has 74 valence electrons. The van der Waals surface area contributed by atoms with Gasteiger partial charge in [0, 0.05) is 0 Å². The summed E-state index contributed by atoms with van der Waals surface area (Å²) in [5, 5.41) is 0. The Morgan fingerprint density at radius 1 is 1.07 bits per heavy atom. The molecule has 0 spiro atoms. The first kappa shape index (κ1) is 10.8. The maximum atomic E-state index is 2.23. The van der Waals surface area contributed by atoms with Gasteiger partial charge in [-0.15, -0.1) is 0 Å². The summed E-state index contributed by atoms with van der Waals surface area (Å²) in [6, 6.07) is 10.4. The van der Waals surface area contributed by atoms with Gasteiger partial charge in [-0.05, 0) is 12.0 Å². The van der Waals surface area contributed by atoms with Crippen molar-refractivity contribution in [3.8, 4) is 0 Å². The van der Waals surface area contributed by atoms with E-state index in [0.29, 0.717) is 0 Å². The van der Waals surface area contributed by atoms with Crippen molar-refractivity contribution in [2.45, 2.75) is 26.2 Å². The number of benzene rings is 1. The van der Waals surface area contributed by atoms with Gasteiger partial charge in [0.25, 0.3) is 0 Å². The molecule has 1 aromatic carbocycles. The summed E-state index contributed by atoms with van der Waals surface area (Å²) in [4.78, 5) is 0. The Morgan fingerprint density at radius 3 is 2.57 bits per heavy atom. The van der Waals surface area contributed by atoms with Crippen LogP contribution in [0.4, 0.5) is 0 Å². The molecule has 14 heavy (non-hydrogen) atoms. The van der Waals surface area contributed by atoms with Crippen molar-refractivity contribution < 1.29 is 0 Å². The normalized spacial score (nSPS) is 11.5. The molecule has 1 aromatic rings. The fourth-order valence-corrected chi connectivity index (χ4v) is 1.23. The van der Waals surface area contributed by atoms with Crippen LogP contribution in [0.3, 0.4) is 0 Å². The molecule has 0 bridgehead atoms. The topological polar surface area (TPSA) is 0 Å². The second kappa shape index (κ2) is 7.14. The first-order valence-electron chi connectivity index (χ1n) is 5.31. The summed E-state index contributed by atoms with van der Waals surface area (Å²) in [6.45, 7) is 2.22. The van der Waals surface area contributed by atoms with Crippen LogP contribution in [0.5, 0.6) is 0 Å². The lowest BCUT2D eigenvalue weighted by molar-refractivity contribution is 0.815. The molecule has 0 atom stereocenters. The molecular weight excluding hydrogens is 168 g/mol. The molecule has 0 fully saturated rings. The van der Waals surface area contributed by atoms with Crippen molar-refractivity contribution in [2.24, 2.45) is 0 Å². The van der Waals surface area contributed by atoms with Crippen LogP contribution in [0.2, 0.25) is 0 Å². The molecule has 0 amide bonds. The molecule has 0 aliphatic carbocycles. The van der Waals surface area contributed by atoms with Gasteiger partial charge in [0.05, 0.1) is 0 Å². The maximum absolute atomic E-state index is 2.23. The van der Waals surface area contributed by atoms with Gasteiger partial charge >= 0.3 is 0 Å². The highest BCUT2D eigenvalue weighted by Gasteiger charge is 1.80. The molecule has 0 unspecified atom stereocenters. The first-order valence-corrected chi connectivity index (χ1v) is 5.31. The van der Waals surface area contributed by atoms with E-state index in [2.05, 4.69) is 55.5 Å². The summed E-state index contributed by atoms with van der Waals surface area (Å²) in [5.74, 6) is 0. The molecule has 0 heterocycles. The predicted molar refractivity (Wildman–Crippen MR) is 64.1 cm³/mol. The Balaban J connectivity index is 2.31. The number of unbranched alkanes of at least 4 members (excludes halogenated alkanes) is 2. The molecule has 0 aromatic heterocycles. The average molecular weight is 186 g/mol. The van der Waals surface area contributed by atoms with Gasteiger partial charge in [-0.1, -0.05) is 74.4 Å². The van der Waals surface area contributed by atoms with Gasteiger partial charge in [0.1, 0.15) is 0 Å². The summed E-state index contributed by atoms with van der Waals surface area (Å²) in [7, 11) is 0. The van der Waals surface area contributed by atoms with Gasteiger partial charge in [0.2, 0.25) is 0 Å². The van der Waals surface area contributed by atoms with Gasteiger partial charge in [-0.3, -0.25) is 0 Å². The van der Waals surface area contributed by atoms with Crippen molar-refractivity contribution in [1.29, 1.82) is 0 Å². The Kier molecular flexibility index (Phi) is 5.49. The van der Waals surface area contributed by atoms with Gasteiger partial charge in [-0.25, -0.2) is 0 Å². The van der Waals surface area contributed by atoms with E-state index >= 15 is 0 Å². The van der Waals surface area contributed by atoms with Crippen LogP contribution in [0.15, 0.2) is 48.6 Å². The van der Waals surface area contributed by atoms with Crippen LogP contribution in [0.1, 0.15) is 31.7 Å². The van der Waals surface area contributed by atoms with Crippen molar-refractivity contribution in [3.05, 3.63) is 54.1 Å². The zero-order chi connectivity index (χ0) is 10.1. The Labute approximate surface area is 87.0 Å². The Bertz CT molecular complexity index is 280. The lowest BCUT2D eigenvalue weighted by atomic mass is 10.2. The van der Waals surface area contributed by atoms with Crippen LogP contribution in [0.25, 0.3) is 6.08 Å². The number of hydrogen-bond acceptors (Lipinski definition) is 0. The highest BCUT2D eigenvalue weighted by atomic mass is 13.9. The molecule has 0 N–H and O–H groups in total. The molecule has 0 heteroatoms. The maximum Gasteiger partial charge on any atom is -0.0257 e. The minimum absolute atomic E-state index is 1.19. The van der Waals surface area contributed by atoms with E-state index in [1.54, 1.807) is 0 Å². The zero-order valence-electron chi connectivity index (χ0n) is 8.82. The van der Waals surface area contributed by atoms with Crippen molar-refractivity contribution in [1.82, 2.24) is 0 Å². The summed E-state index contributed by atoms with van der Waals surface area (Å²) in [6.07, 6.45) is 12.3. The zero-order valence-corrected chi connectivity index (χ0v) is 8.82. The van der Waals surface area contributed by atoms with Crippen LogP contribution in [-0.4, -0.2) is 0 Å². The number of hydrogen-bond donors (Lipinski definition) is 0. The van der Waals surface area contributed by atoms with E-state index in [1.807, 2.05) is 6.07 Å².